The van der Waals surface area contributed by atoms with Gasteiger partial charge in [0.1, 0.15) is 5.69 Å². The Morgan fingerprint density at radius 3 is 2.48 bits per heavy atom. The molecule has 2 aliphatic rings. The maximum atomic E-state index is 11.9. The van der Waals surface area contributed by atoms with Crippen LogP contribution in [0.2, 0.25) is 0 Å². The molecule has 3 heterocycles. The Bertz CT molecular complexity index is 1060. The molecule has 2 N–H and O–H groups in total. The number of rotatable bonds is 4. The van der Waals surface area contributed by atoms with E-state index < -0.39 is 0 Å². The maximum absolute atomic E-state index is 11.9. The number of anilines is 2. The SMILES string of the molecule is CNC(=O)N1CCN(c2nn3c(NC4CCCC4)c(-c4ccc(C)cc4)nc3s2)CC1. The van der Waals surface area contributed by atoms with Crippen LogP contribution < -0.4 is 15.5 Å². The van der Waals surface area contributed by atoms with Crippen molar-refractivity contribution in [3.8, 4) is 11.3 Å². The second-order valence-electron chi connectivity index (χ2n) is 8.41. The largest absolute Gasteiger partial charge is 0.365 e. The topological polar surface area (TPSA) is 77.8 Å². The van der Waals surface area contributed by atoms with Crippen molar-refractivity contribution in [2.45, 2.75) is 38.6 Å². The Morgan fingerprint density at radius 2 is 1.81 bits per heavy atom. The zero-order chi connectivity index (χ0) is 21.4. The molecule has 9 heteroatoms. The van der Waals surface area contributed by atoms with Crippen LogP contribution in [0.15, 0.2) is 24.3 Å². The molecule has 2 amide bonds. The van der Waals surface area contributed by atoms with Crippen molar-refractivity contribution in [3.63, 3.8) is 0 Å². The molecule has 3 aromatic rings. The fourth-order valence-electron chi connectivity index (χ4n) is 4.43. The molecule has 0 unspecified atom stereocenters. The van der Waals surface area contributed by atoms with Gasteiger partial charge < -0.3 is 20.4 Å². The Hall–Kier alpha value is -2.81. The summed E-state index contributed by atoms with van der Waals surface area (Å²) in [6, 6.07) is 9.01. The van der Waals surface area contributed by atoms with E-state index in [0.29, 0.717) is 19.1 Å². The first-order chi connectivity index (χ1) is 15.1. The summed E-state index contributed by atoms with van der Waals surface area (Å²) in [6.07, 6.45) is 4.94. The van der Waals surface area contributed by atoms with Gasteiger partial charge in [-0.05, 0) is 19.8 Å². The van der Waals surface area contributed by atoms with Crippen LogP contribution in [0.1, 0.15) is 31.2 Å². The number of imidazole rings is 1. The van der Waals surface area contributed by atoms with E-state index >= 15 is 0 Å². The molecule has 2 fully saturated rings. The molecule has 0 bridgehead atoms. The molecule has 1 aromatic carbocycles. The molecule has 1 saturated carbocycles. The van der Waals surface area contributed by atoms with E-state index in [2.05, 4.69) is 46.7 Å². The lowest BCUT2D eigenvalue weighted by Gasteiger charge is -2.33. The van der Waals surface area contributed by atoms with Crippen LogP contribution in [0.5, 0.6) is 0 Å². The second-order valence-corrected chi connectivity index (χ2v) is 9.34. The third-order valence-corrected chi connectivity index (χ3v) is 7.23. The van der Waals surface area contributed by atoms with Gasteiger partial charge in [-0.3, -0.25) is 0 Å². The lowest BCUT2D eigenvalue weighted by atomic mass is 10.1. The van der Waals surface area contributed by atoms with Gasteiger partial charge in [0.15, 0.2) is 5.82 Å². The third kappa shape index (κ3) is 3.94. The Morgan fingerprint density at radius 1 is 1.10 bits per heavy atom. The summed E-state index contributed by atoms with van der Waals surface area (Å²) in [7, 11) is 1.68. The number of hydrogen-bond acceptors (Lipinski definition) is 6. The molecule has 0 radical (unpaired) electrons. The molecule has 1 aliphatic carbocycles. The number of nitrogens with zero attached hydrogens (tertiary/aromatic N) is 5. The van der Waals surface area contributed by atoms with Crippen LogP contribution in [0, 0.1) is 6.92 Å². The average molecular weight is 440 g/mol. The number of amides is 2. The summed E-state index contributed by atoms with van der Waals surface area (Å²) >= 11 is 1.62. The predicted octanol–water partition coefficient (Wildman–Crippen LogP) is 3.58. The third-order valence-electron chi connectivity index (χ3n) is 6.27. The standard InChI is InChI=1S/C22H29N7OS/c1-15-7-9-16(10-8-15)18-19(24-17-5-3-4-6-17)29-21(25-18)31-22(26-29)28-13-11-27(12-14-28)20(30)23-2/h7-10,17,24H,3-6,11-14H2,1-2H3,(H,23,30). The smallest absolute Gasteiger partial charge is 0.317 e. The minimum atomic E-state index is -0.0145. The summed E-state index contributed by atoms with van der Waals surface area (Å²) in [5.41, 5.74) is 3.33. The molecule has 5 rings (SSSR count). The Kier molecular flexibility index (Phi) is 5.43. The number of carbonyl (C=O) groups is 1. The van der Waals surface area contributed by atoms with E-state index in [9.17, 15) is 4.79 Å². The van der Waals surface area contributed by atoms with E-state index in [-0.39, 0.29) is 6.03 Å². The van der Waals surface area contributed by atoms with Gasteiger partial charge in [0.05, 0.1) is 0 Å². The number of urea groups is 1. The number of benzene rings is 1. The number of hydrogen-bond donors (Lipinski definition) is 2. The predicted molar refractivity (Wildman–Crippen MR) is 125 cm³/mol. The zero-order valence-electron chi connectivity index (χ0n) is 18.1. The molecular weight excluding hydrogens is 410 g/mol. The first-order valence-corrected chi connectivity index (χ1v) is 11.9. The van der Waals surface area contributed by atoms with Crippen molar-refractivity contribution < 1.29 is 4.79 Å². The van der Waals surface area contributed by atoms with Crippen molar-refractivity contribution in [3.05, 3.63) is 29.8 Å². The lowest BCUT2D eigenvalue weighted by Crippen LogP contribution is -2.51. The fourth-order valence-corrected chi connectivity index (χ4v) is 5.38. The molecule has 2 aromatic heterocycles. The molecule has 164 valence electrons. The van der Waals surface area contributed by atoms with Gasteiger partial charge in [0, 0.05) is 44.8 Å². The van der Waals surface area contributed by atoms with E-state index in [4.69, 9.17) is 10.1 Å². The van der Waals surface area contributed by atoms with Crippen molar-refractivity contribution >= 4 is 33.3 Å². The summed E-state index contributed by atoms with van der Waals surface area (Å²) in [4.78, 5) is 21.9. The van der Waals surface area contributed by atoms with Gasteiger partial charge in [0.25, 0.3) is 0 Å². The fraction of sp³-hybridized carbons (Fsp3) is 0.500. The zero-order valence-corrected chi connectivity index (χ0v) is 18.9. The molecule has 8 nitrogen and oxygen atoms in total. The highest BCUT2D eigenvalue weighted by Gasteiger charge is 2.26. The molecule has 0 spiro atoms. The van der Waals surface area contributed by atoms with Crippen LogP contribution in [-0.2, 0) is 0 Å². The minimum Gasteiger partial charge on any atom is -0.365 e. The van der Waals surface area contributed by atoms with Gasteiger partial charge in [-0.15, -0.1) is 5.10 Å². The highest BCUT2D eigenvalue weighted by Crippen LogP contribution is 2.35. The minimum absolute atomic E-state index is 0.0145. The van der Waals surface area contributed by atoms with Gasteiger partial charge in [0.2, 0.25) is 10.1 Å². The monoisotopic (exact) mass is 439 g/mol. The molecule has 1 aliphatic heterocycles. The molecule has 1 saturated heterocycles. The Balaban J connectivity index is 1.45. The maximum Gasteiger partial charge on any atom is 0.317 e. The highest BCUT2D eigenvalue weighted by molar-refractivity contribution is 7.20. The molecular formula is C22H29N7OS. The average Bonchev–Trinajstić information content (AvgIpc) is 3.52. The van der Waals surface area contributed by atoms with Crippen LogP contribution in [-0.4, -0.2) is 64.8 Å². The van der Waals surface area contributed by atoms with E-state index in [1.807, 2.05) is 9.42 Å². The number of aromatic nitrogens is 3. The van der Waals surface area contributed by atoms with Crippen molar-refractivity contribution in [1.82, 2.24) is 24.8 Å². The molecule has 31 heavy (non-hydrogen) atoms. The number of carbonyl (C=O) groups excluding carboxylic acids is 1. The first-order valence-electron chi connectivity index (χ1n) is 11.1. The van der Waals surface area contributed by atoms with Crippen molar-refractivity contribution in [2.24, 2.45) is 0 Å². The lowest BCUT2D eigenvalue weighted by molar-refractivity contribution is 0.196. The van der Waals surface area contributed by atoms with Gasteiger partial charge in [-0.2, -0.15) is 4.52 Å². The highest BCUT2D eigenvalue weighted by atomic mass is 32.1. The van der Waals surface area contributed by atoms with E-state index in [0.717, 1.165) is 40.3 Å². The van der Waals surface area contributed by atoms with Gasteiger partial charge >= 0.3 is 6.03 Å². The first kappa shape index (κ1) is 20.1. The molecule has 0 atom stereocenters. The summed E-state index contributed by atoms with van der Waals surface area (Å²) < 4.78 is 1.98. The number of aryl methyl sites for hydroxylation is 1. The van der Waals surface area contributed by atoms with Crippen molar-refractivity contribution in [1.29, 1.82) is 0 Å². The number of piperazine rings is 1. The van der Waals surface area contributed by atoms with Gasteiger partial charge in [-0.1, -0.05) is 54.0 Å². The quantitative estimate of drug-likeness (QED) is 0.650. The van der Waals surface area contributed by atoms with Gasteiger partial charge in [-0.25, -0.2) is 9.78 Å². The van der Waals surface area contributed by atoms with Crippen LogP contribution >= 0.6 is 11.3 Å². The second kappa shape index (κ2) is 8.37. The van der Waals surface area contributed by atoms with Crippen LogP contribution in [0.4, 0.5) is 15.7 Å². The van der Waals surface area contributed by atoms with Crippen LogP contribution in [0.25, 0.3) is 16.2 Å². The summed E-state index contributed by atoms with van der Waals surface area (Å²) in [5, 5.41) is 12.4. The number of nitrogens with one attached hydrogen (secondary N) is 2. The van der Waals surface area contributed by atoms with E-state index in [1.54, 1.807) is 18.4 Å². The van der Waals surface area contributed by atoms with Crippen LogP contribution in [0.3, 0.4) is 0 Å². The summed E-state index contributed by atoms with van der Waals surface area (Å²) in [6.45, 7) is 5.05. The van der Waals surface area contributed by atoms with E-state index in [1.165, 1.54) is 31.2 Å². The Labute approximate surface area is 186 Å². The van der Waals surface area contributed by atoms with Crippen molar-refractivity contribution in [2.75, 3.05) is 43.4 Å². The summed E-state index contributed by atoms with van der Waals surface area (Å²) in [5.74, 6) is 0.997. The number of fused-ring (bicyclic) bond motifs is 1. The normalized spacial score (nSPS) is 17.5.